The lowest BCUT2D eigenvalue weighted by Gasteiger charge is -2.40. The van der Waals surface area contributed by atoms with E-state index in [1.807, 2.05) is 12.3 Å². The lowest BCUT2D eigenvalue weighted by Crippen LogP contribution is -2.60. The molecule has 2 N–H and O–H groups in total. The molecule has 0 aliphatic carbocycles. The van der Waals surface area contributed by atoms with Crippen molar-refractivity contribution in [2.24, 2.45) is 0 Å². The van der Waals surface area contributed by atoms with Gasteiger partial charge in [-0.2, -0.15) is 5.10 Å². The van der Waals surface area contributed by atoms with Crippen LogP contribution in [0.2, 0.25) is 0 Å². The first-order chi connectivity index (χ1) is 10.3. The maximum atomic E-state index is 10.8. The fourth-order valence-corrected chi connectivity index (χ4v) is 3.48. The predicted octanol–water partition coefficient (Wildman–Crippen LogP) is -0.323. The van der Waals surface area contributed by atoms with E-state index in [1.165, 1.54) is 0 Å². The molecule has 0 amide bonds. The van der Waals surface area contributed by atoms with E-state index in [4.69, 9.17) is 14.2 Å². The minimum atomic E-state index is -0.584. The van der Waals surface area contributed by atoms with Gasteiger partial charge < -0.3 is 24.6 Å². The molecule has 7 nitrogen and oxygen atoms in total. The number of hydrogen-bond donors (Lipinski definition) is 2. The van der Waals surface area contributed by atoms with Crippen molar-refractivity contribution in [1.29, 1.82) is 0 Å². The molecule has 3 aliphatic heterocycles. The Labute approximate surface area is 123 Å². The Hall–Kier alpha value is -0.990. The molecule has 0 spiro atoms. The van der Waals surface area contributed by atoms with Crippen molar-refractivity contribution >= 4 is 0 Å². The second kappa shape index (κ2) is 5.66. The van der Waals surface area contributed by atoms with E-state index < -0.39 is 12.4 Å². The van der Waals surface area contributed by atoms with Crippen molar-refractivity contribution in [3.63, 3.8) is 0 Å². The number of nitrogens with zero attached hydrogens (tertiary/aromatic N) is 2. The Morgan fingerprint density at radius 3 is 2.90 bits per heavy atom. The molecule has 2 bridgehead atoms. The van der Waals surface area contributed by atoms with Gasteiger partial charge in [0.15, 0.2) is 6.29 Å². The van der Waals surface area contributed by atoms with Crippen LogP contribution in [0, 0.1) is 0 Å². The van der Waals surface area contributed by atoms with Gasteiger partial charge in [-0.1, -0.05) is 0 Å². The van der Waals surface area contributed by atoms with Gasteiger partial charge in [-0.25, -0.2) is 0 Å². The van der Waals surface area contributed by atoms with Crippen LogP contribution in [0.15, 0.2) is 18.5 Å². The van der Waals surface area contributed by atoms with Crippen LogP contribution in [0.5, 0.6) is 0 Å². The molecule has 5 atom stereocenters. The summed E-state index contributed by atoms with van der Waals surface area (Å²) in [5.74, 6) is 0. The summed E-state index contributed by atoms with van der Waals surface area (Å²) in [7, 11) is 0. The minimum Gasteiger partial charge on any atom is -0.389 e. The lowest BCUT2D eigenvalue weighted by molar-refractivity contribution is -0.169. The van der Waals surface area contributed by atoms with Crippen LogP contribution in [0.25, 0.3) is 0 Å². The van der Waals surface area contributed by atoms with Crippen LogP contribution in [-0.4, -0.2) is 65.3 Å². The summed E-state index contributed by atoms with van der Waals surface area (Å²) in [6.07, 6.45) is 4.37. The van der Waals surface area contributed by atoms with Crippen molar-refractivity contribution in [2.75, 3.05) is 19.8 Å². The number of hydrogen-bond acceptors (Lipinski definition) is 6. The van der Waals surface area contributed by atoms with Crippen molar-refractivity contribution in [1.82, 2.24) is 15.1 Å². The molecule has 0 unspecified atom stereocenters. The maximum Gasteiger partial charge on any atom is 0.183 e. The number of rotatable bonds is 3. The van der Waals surface area contributed by atoms with Gasteiger partial charge >= 0.3 is 0 Å². The normalized spacial score (nSPS) is 40.5. The first-order valence-corrected chi connectivity index (χ1v) is 7.61. The first-order valence-electron chi connectivity index (χ1n) is 7.61. The zero-order chi connectivity index (χ0) is 14.2. The van der Waals surface area contributed by atoms with Gasteiger partial charge in [0.05, 0.1) is 18.8 Å². The molecule has 1 aromatic heterocycles. The standard InChI is InChI=1S/C14H21N3O4/c18-13-11(16-9-2-6-19-7-3-9)10-8-20-14(21-10)12(13)17-5-1-4-15-17/h1,4-5,9-14,16,18H,2-3,6-8H2/t10-,11-,12-,13+,14-/m1/s1. The van der Waals surface area contributed by atoms with E-state index in [-0.39, 0.29) is 18.2 Å². The molecule has 0 radical (unpaired) electrons. The highest BCUT2D eigenvalue weighted by Crippen LogP contribution is 2.35. The van der Waals surface area contributed by atoms with Crippen molar-refractivity contribution in [2.45, 2.75) is 49.5 Å². The van der Waals surface area contributed by atoms with Crippen molar-refractivity contribution in [3.8, 4) is 0 Å². The van der Waals surface area contributed by atoms with Crippen molar-refractivity contribution in [3.05, 3.63) is 18.5 Å². The number of aliphatic hydroxyl groups excluding tert-OH is 1. The zero-order valence-corrected chi connectivity index (χ0v) is 11.8. The van der Waals surface area contributed by atoms with E-state index >= 15 is 0 Å². The Morgan fingerprint density at radius 1 is 1.29 bits per heavy atom. The predicted molar refractivity (Wildman–Crippen MR) is 72.6 cm³/mol. The van der Waals surface area contributed by atoms with Crippen LogP contribution in [-0.2, 0) is 14.2 Å². The fourth-order valence-electron chi connectivity index (χ4n) is 3.48. The summed E-state index contributed by atoms with van der Waals surface area (Å²) in [6.45, 7) is 2.06. The number of fused-ring (bicyclic) bond motifs is 2. The smallest absolute Gasteiger partial charge is 0.183 e. The van der Waals surface area contributed by atoms with Gasteiger partial charge in [-0.3, -0.25) is 4.68 Å². The summed E-state index contributed by atoms with van der Waals surface area (Å²) in [5.41, 5.74) is 0. The summed E-state index contributed by atoms with van der Waals surface area (Å²) in [6, 6.07) is 1.75. The van der Waals surface area contributed by atoms with E-state index in [0.717, 1.165) is 26.1 Å². The van der Waals surface area contributed by atoms with E-state index in [0.29, 0.717) is 12.6 Å². The third-order valence-corrected chi connectivity index (χ3v) is 4.61. The van der Waals surface area contributed by atoms with Crippen LogP contribution < -0.4 is 5.32 Å². The molecule has 4 rings (SSSR count). The SMILES string of the molecule is O[C@H]1[C@H](NC2CCOCC2)[C@H]2CO[C@H](O2)[C@@H]1n1cccn1. The molecular formula is C14H21N3O4. The molecule has 21 heavy (non-hydrogen) atoms. The Morgan fingerprint density at radius 2 is 2.14 bits per heavy atom. The first kappa shape index (κ1) is 13.7. The molecule has 3 saturated heterocycles. The average Bonchev–Trinajstić information content (AvgIpc) is 3.16. The summed E-state index contributed by atoms with van der Waals surface area (Å²) in [5, 5.41) is 18.6. The van der Waals surface area contributed by atoms with E-state index in [9.17, 15) is 5.11 Å². The number of ether oxygens (including phenoxy) is 3. The van der Waals surface area contributed by atoms with Crippen LogP contribution in [0.1, 0.15) is 18.9 Å². The lowest BCUT2D eigenvalue weighted by atomic mass is 9.94. The molecule has 0 saturated carbocycles. The quantitative estimate of drug-likeness (QED) is 0.796. The second-order valence-electron chi connectivity index (χ2n) is 5.92. The average molecular weight is 295 g/mol. The monoisotopic (exact) mass is 295 g/mol. The molecular weight excluding hydrogens is 274 g/mol. The Balaban J connectivity index is 1.52. The van der Waals surface area contributed by atoms with Crippen LogP contribution in [0.3, 0.4) is 0 Å². The number of aromatic nitrogens is 2. The third kappa shape index (κ3) is 2.49. The zero-order valence-electron chi connectivity index (χ0n) is 11.8. The molecule has 3 fully saturated rings. The van der Waals surface area contributed by atoms with E-state index in [2.05, 4.69) is 10.4 Å². The number of aliphatic hydroxyl groups is 1. The van der Waals surface area contributed by atoms with Gasteiger partial charge in [0, 0.05) is 31.6 Å². The molecule has 1 aromatic rings. The molecule has 3 aliphatic rings. The van der Waals surface area contributed by atoms with Gasteiger partial charge in [0.2, 0.25) is 0 Å². The molecule has 116 valence electrons. The van der Waals surface area contributed by atoms with Crippen LogP contribution >= 0.6 is 0 Å². The third-order valence-electron chi connectivity index (χ3n) is 4.61. The summed E-state index contributed by atoms with van der Waals surface area (Å²) >= 11 is 0. The highest BCUT2D eigenvalue weighted by molar-refractivity contribution is 5.01. The maximum absolute atomic E-state index is 10.8. The Kier molecular flexibility index (Phi) is 3.68. The fraction of sp³-hybridized carbons (Fsp3) is 0.786. The van der Waals surface area contributed by atoms with Gasteiger partial charge in [-0.05, 0) is 18.9 Å². The van der Waals surface area contributed by atoms with Gasteiger partial charge in [0.25, 0.3) is 0 Å². The second-order valence-corrected chi connectivity index (χ2v) is 5.92. The topological polar surface area (TPSA) is 77.8 Å². The van der Waals surface area contributed by atoms with Gasteiger partial charge in [0.1, 0.15) is 12.1 Å². The highest BCUT2D eigenvalue weighted by atomic mass is 16.7. The summed E-state index contributed by atoms with van der Waals surface area (Å²) < 4.78 is 18.7. The highest BCUT2D eigenvalue weighted by Gasteiger charge is 2.51. The Bertz CT molecular complexity index is 463. The summed E-state index contributed by atoms with van der Waals surface area (Å²) in [4.78, 5) is 0. The van der Waals surface area contributed by atoms with Crippen LogP contribution in [0.4, 0.5) is 0 Å². The van der Waals surface area contributed by atoms with Crippen molar-refractivity contribution < 1.29 is 19.3 Å². The molecule has 0 aromatic carbocycles. The molecule has 4 heterocycles. The molecule has 7 heteroatoms. The van der Waals surface area contributed by atoms with E-state index in [1.54, 1.807) is 10.9 Å². The van der Waals surface area contributed by atoms with Gasteiger partial charge in [-0.15, -0.1) is 0 Å². The largest absolute Gasteiger partial charge is 0.389 e. The number of nitrogens with one attached hydrogen (secondary N) is 1. The minimum absolute atomic E-state index is 0.0975.